The van der Waals surface area contributed by atoms with Gasteiger partial charge in [-0.1, -0.05) is 0 Å². The van der Waals surface area contributed by atoms with Crippen LogP contribution in [0, 0.1) is 0 Å². The minimum atomic E-state index is -1.90. The van der Waals surface area contributed by atoms with Crippen LogP contribution in [0.3, 0.4) is 0 Å². The fraction of sp³-hybridized carbons (Fsp3) is 0.516. The number of hydrogen-bond acceptors (Lipinski definition) is 19. The van der Waals surface area contributed by atoms with Crippen molar-refractivity contribution in [3.05, 3.63) is 46.6 Å². The number of hydrogen-bond donors (Lipinski definition) is 11. The Bertz CT molecular complexity index is 1700. The summed E-state index contributed by atoms with van der Waals surface area (Å²) < 4.78 is 38.9. The fourth-order valence-corrected chi connectivity index (χ4v) is 5.82. The third-order valence-electron chi connectivity index (χ3n) is 8.62. The van der Waals surface area contributed by atoms with Crippen LogP contribution in [-0.4, -0.2) is 156 Å². The van der Waals surface area contributed by atoms with Gasteiger partial charge in [-0.05, 0) is 24.3 Å². The summed E-state index contributed by atoms with van der Waals surface area (Å²) in [7, 11) is 0. The second-order valence-corrected chi connectivity index (χ2v) is 12.0. The maximum atomic E-state index is 13.6. The van der Waals surface area contributed by atoms with Crippen LogP contribution >= 0.6 is 0 Å². The molecule has 0 spiro atoms. The maximum absolute atomic E-state index is 13.6. The van der Waals surface area contributed by atoms with Gasteiger partial charge in [-0.15, -0.1) is 0 Å². The van der Waals surface area contributed by atoms with E-state index in [2.05, 4.69) is 0 Å². The second-order valence-electron chi connectivity index (χ2n) is 12.0. The van der Waals surface area contributed by atoms with Gasteiger partial charge in [0.25, 0.3) is 0 Å². The van der Waals surface area contributed by atoms with Crippen LogP contribution in [0.15, 0.2) is 45.6 Å². The lowest BCUT2D eigenvalue weighted by atomic mass is 9.99. The number of aromatic hydroxyl groups is 3. The van der Waals surface area contributed by atoms with E-state index in [0.29, 0.717) is 0 Å². The Hall–Kier alpha value is -3.67. The third-order valence-corrected chi connectivity index (χ3v) is 8.62. The Morgan fingerprint density at radius 1 is 0.680 bits per heavy atom. The van der Waals surface area contributed by atoms with Crippen molar-refractivity contribution in [2.75, 3.05) is 19.8 Å². The van der Waals surface area contributed by atoms with E-state index in [1.165, 1.54) is 24.3 Å². The summed E-state index contributed by atoms with van der Waals surface area (Å²) in [6.45, 7) is -1.71. The molecule has 0 amide bonds. The first-order valence-electron chi connectivity index (χ1n) is 15.3. The van der Waals surface area contributed by atoms with E-state index >= 15 is 0 Å². The van der Waals surface area contributed by atoms with Crippen LogP contribution in [0.5, 0.6) is 23.0 Å². The zero-order valence-corrected chi connectivity index (χ0v) is 25.8. The molecule has 274 valence electrons. The molecule has 3 fully saturated rings. The SMILES string of the molecule is O=c1c(OC2OCC(OC3OCC(OC4OC(CO)C(O)C(O)C4O)C(O)C3O)C(O)C2O)c(-c2ccc(O)cc2)oc2cc(O)cc(O)c12. The molecule has 50 heavy (non-hydrogen) atoms. The molecule has 1 aromatic heterocycles. The fourth-order valence-electron chi connectivity index (χ4n) is 5.82. The monoisotopic (exact) mass is 712 g/mol. The van der Waals surface area contributed by atoms with E-state index in [0.717, 1.165) is 12.1 Å². The Kier molecular flexibility index (Phi) is 10.5. The van der Waals surface area contributed by atoms with Crippen LogP contribution in [-0.2, 0) is 23.7 Å². The lowest BCUT2D eigenvalue weighted by molar-refractivity contribution is -0.354. The summed E-state index contributed by atoms with van der Waals surface area (Å²) in [4.78, 5) is 13.6. The first-order chi connectivity index (χ1) is 23.8. The molecule has 19 nitrogen and oxygen atoms in total. The number of fused-ring (bicyclic) bond motifs is 1. The van der Waals surface area contributed by atoms with Crippen molar-refractivity contribution in [2.24, 2.45) is 0 Å². The minimum Gasteiger partial charge on any atom is -0.508 e. The molecule has 4 heterocycles. The molecule has 3 aromatic rings. The Morgan fingerprint density at radius 3 is 1.90 bits per heavy atom. The summed E-state index contributed by atoms with van der Waals surface area (Å²) >= 11 is 0. The topological polar surface area (TPSA) is 308 Å². The van der Waals surface area contributed by atoms with Crippen molar-refractivity contribution in [3.63, 3.8) is 0 Å². The predicted octanol–water partition coefficient (Wildman–Crippen LogP) is -3.32. The lowest BCUT2D eigenvalue weighted by Crippen LogP contribution is -2.63. The summed E-state index contributed by atoms with van der Waals surface area (Å²) in [5.41, 5.74) is -0.929. The van der Waals surface area contributed by atoms with Crippen molar-refractivity contribution in [1.82, 2.24) is 0 Å². The van der Waals surface area contributed by atoms with Gasteiger partial charge in [0.05, 0.1) is 19.8 Å². The summed E-state index contributed by atoms with van der Waals surface area (Å²) in [5.74, 6) is -1.93. The van der Waals surface area contributed by atoms with Crippen molar-refractivity contribution < 1.29 is 89.0 Å². The van der Waals surface area contributed by atoms with Crippen LogP contribution in [0.4, 0.5) is 0 Å². The minimum absolute atomic E-state index is 0.105. The summed E-state index contributed by atoms with van der Waals surface area (Å²) in [6, 6.07) is 7.35. The highest BCUT2D eigenvalue weighted by Gasteiger charge is 2.49. The van der Waals surface area contributed by atoms with E-state index in [1.807, 2.05) is 0 Å². The molecule has 0 bridgehead atoms. The van der Waals surface area contributed by atoms with Gasteiger partial charge in [-0.25, -0.2) is 0 Å². The molecule has 3 aliphatic heterocycles. The second kappa shape index (κ2) is 14.5. The van der Waals surface area contributed by atoms with E-state index in [9.17, 15) is 61.0 Å². The first kappa shape index (κ1) is 36.1. The number of aliphatic hydroxyl groups excluding tert-OH is 8. The highest BCUT2D eigenvalue weighted by atomic mass is 16.8. The average Bonchev–Trinajstić information content (AvgIpc) is 3.08. The molecular formula is C31H36O19. The van der Waals surface area contributed by atoms with Crippen LogP contribution < -0.4 is 10.2 Å². The van der Waals surface area contributed by atoms with Gasteiger partial charge in [0, 0.05) is 17.7 Å². The highest BCUT2D eigenvalue weighted by Crippen LogP contribution is 2.37. The standard InChI is InChI=1S/C31H36O19/c32-7-15-19(36)23(40)26(43)31(47-15)49-17-9-44-29(24(41)21(17)38)48-16-8-45-30(25(42)20(16)37)50-28-22(39)18-13(35)5-12(34)6-14(18)46-27(28)10-1-3-11(33)4-2-10/h1-6,15-17,19-21,23-26,29-38,40-43H,7-9H2. The molecule has 0 radical (unpaired) electrons. The summed E-state index contributed by atoms with van der Waals surface area (Å²) in [5, 5.41) is 113. The zero-order chi connectivity index (χ0) is 36.0. The quantitative estimate of drug-likeness (QED) is 0.109. The first-order valence-corrected chi connectivity index (χ1v) is 15.3. The smallest absolute Gasteiger partial charge is 0.239 e. The molecule has 13 atom stereocenters. The van der Waals surface area contributed by atoms with Crippen LogP contribution in [0.2, 0.25) is 0 Å². The number of phenols is 3. The highest BCUT2D eigenvalue weighted by molar-refractivity contribution is 5.88. The number of rotatable bonds is 8. The molecule has 6 rings (SSSR count). The molecule has 3 aliphatic rings. The molecule has 11 N–H and O–H groups in total. The predicted molar refractivity (Wildman–Crippen MR) is 161 cm³/mol. The third kappa shape index (κ3) is 6.84. The molecule has 13 unspecified atom stereocenters. The Balaban J connectivity index is 1.14. The molecule has 2 aromatic carbocycles. The van der Waals surface area contributed by atoms with Crippen molar-refractivity contribution in [2.45, 2.75) is 79.9 Å². The van der Waals surface area contributed by atoms with E-state index in [4.69, 9.17) is 32.8 Å². The molecule has 3 saturated heterocycles. The normalized spacial score (nSPS) is 36.4. The average molecular weight is 713 g/mol. The van der Waals surface area contributed by atoms with Crippen molar-refractivity contribution >= 4 is 11.0 Å². The van der Waals surface area contributed by atoms with Gasteiger partial charge in [-0.2, -0.15) is 0 Å². The molecule has 0 aliphatic carbocycles. The van der Waals surface area contributed by atoms with E-state index in [-0.39, 0.29) is 28.0 Å². The zero-order valence-electron chi connectivity index (χ0n) is 25.8. The molecular weight excluding hydrogens is 676 g/mol. The van der Waals surface area contributed by atoms with E-state index in [1.54, 1.807) is 0 Å². The number of benzene rings is 2. The number of aliphatic hydroxyl groups is 8. The molecule has 0 saturated carbocycles. The summed E-state index contributed by atoms with van der Waals surface area (Å²) in [6.07, 6.45) is -21.5. The van der Waals surface area contributed by atoms with Gasteiger partial charge >= 0.3 is 0 Å². The van der Waals surface area contributed by atoms with Crippen molar-refractivity contribution in [1.29, 1.82) is 0 Å². The van der Waals surface area contributed by atoms with Gasteiger partial charge in [0.1, 0.15) is 89.3 Å². The van der Waals surface area contributed by atoms with Crippen molar-refractivity contribution in [3.8, 4) is 34.3 Å². The largest absolute Gasteiger partial charge is 0.508 e. The Labute approximate surface area is 280 Å². The lowest BCUT2D eigenvalue weighted by Gasteiger charge is -2.44. The van der Waals surface area contributed by atoms with Crippen LogP contribution in [0.25, 0.3) is 22.3 Å². The number of phenolic OH excluding ortho intramolecular Hbond substituents is 3. The van der Waals surface area contributed by atoms with Gasteiger partial charge < -0.3 is 89.0 Å². The van der Waals surface area contributed by atoms with Crippen LogP contribution in [0.1, 0.15) is 0 Å². The van der Waals surface area contributed by atoms with Gasteiger partial charge in [-0.3, -0.25) is 4.79 Å². The molecule has 19 heteroatoms. The number of ether oxygens (including phenoxy) is 6. The van der Waals surface area contributed by atoms with Gasteiger partial charge in [0.15, 0.2) is 18.3 Å². The van der Waals surface area contributed by atoms with E-state index < -0.39 is 122 Å². The maximum Gasteiger partial charge on any atom is 0.239 e. The van der Waals surface area contributed by atoms with Gasteiger partial charge in [0.2, 0.25) is 17.5 Å². The Morgan fingerprint density at radius 2 is 1.26 bits per heavy atom.